The molecular weight excluding hydrogens is 416 g/mol. The summed E-state index contributed by atoms with van der Waals surface area (Å²) in [6, 6.07) is 8.77. The molecule has 1 aliphatic rings. The fourth-order valence-corrected chi connectivity index (χ4v) is 4.41. The van der Waals surface area contributed by atoms with E-state index < -0.39 is 0 Å². The van der Waals surface area contributed by atoms with Gasteiger partial charge in [-0.25, -0.2) is 9.18 Å². The van der Waals surface area contributed by atoms with E-state index in [1.54, 1.807) is 48.0 Å². The maximum absolute atomic E-state index is 13.6. The number of nitroso groups, excluding NO2 is 1. The number of carbonyl (C=O) groups excluding carboxylic acids is 1. The Hall–Kier alpha value is -2.18. The van der Waals surface area contributed by atoms with Crippen molar-refractivity contribution in [3.8, 4) is 0 Å². The zero-order valence-electron chi connectivity index (χ0n) is 16.2. The second kappa shape index (κ2) is 9.09. The van der Waals surface area contributed by atoms with Gasteiger partial charge in [0, 0.05) is 30.2 Å². The minimum atomic E-state index is -0.370. The van der Waals surface area contributed by atoms with Gasteiger partial charge in [0.2, 0.25) is 0 Å². The summed E-state index contributed by atoms with van der Waals surface area (Å²) in [6.07, 6.45) is 0.918. The molecule has 2 aromatic rings. The lowest BCUT2D eigenvalue weighted by Crippen LogP contribution is -2.47. The maximum atomic E-state index is 13.6. The average molecular weight is 438 g/mol. The molecule has 1 aliphatic heterocycles. The van der Waals surface area contributed by atoms with Crippen molar-refractivity contribution in [1.29, 1.82) is 0 Å². The summed E-state index contributed by atoms with van der Waals surface area (Å²) in [7, 11) is 1.70. The highest BCUT2D eigenvalue weighted by molar-refractivity contribution is 6.34. The normalized spacial score (nSPS) is 19.1. The van der Waals surface area contributed by atoms with Crippen molar-refractivity contribution in [2.75, 3.05) is 13.6 Å². The summed E-state index contributed by atoms with van der Waals surface area (Å²) in [5.74, 6) is -0.333. The summed E-state index contributed by atoms with van der Waals surface area (Å²) >= 11 is 12.1. The molecule has 29 heavy (non-hydrogen) atoms. The van der Waals surface area contributed by atoms with Crippen LogP contribution in [0.15, 0.2) is 41.6 Å². The Morgan fingerprint density at radius 1 is 1.24 bits per heavy atom. The highest BCUT2D eigenvalue weighted by atomic mass is 35.5. The highest BCUT2D eigenvalue weighted by Crippen LogP contribution is 2.35. The summed E-state index contributed by atoms with van der Waals surface area (Å²) in [6.45, 7) is 2.54. The number of carbonyl (C=O) groups is 1. The van der Waals surface area contributed by atoms with Gasteiger partial charge in [-0.15, -0.1) is 0 Å². The van der Waals surface area contributed by atoms with E-state index in [2.05, 4.69) is 5.18 Å². The van der Waals surface area contributed by atoms with Crippen LogP contribution in [0.25, 0.3) is 0 Å². The Bertz CT molecular complexity index is 905. The Labute approximate surface area is 179 Å². The number of hydrogen-bond donors (Lipinski definition) is 0. The van der Waals surface area contributed by atoms with Crippen molar-refractivity contribution in [3.63, 3.8) is 0 Å². The van der Waals surface area contributed by atoms with Crippen LogP contribution < -0.4 is 0 Å². The summed E-state index contributed by atoms with van der Waals surface area (Å²) in [5.41, 5.74) is 2.38. The topological polar surface area (TPSA) is 53.0 Å². The van der Waals surface area contributed by atoms with Crippen LogP contribution in [0.5, 0.6) is 0 Å². The van der Waals surface area contributed by atoms with Crippen LogP contribution in [0.3, 0.4) is 0 Å². The highest BCUT2D eigenvalue weighted by Gasteiger charge is 2.35. The fourth-order valence-electron chi connectivity index (χ4n) is 3.84. The molecule has 3 rings (SSSR count). The van der Waals surface area contributed by atoms with Crippen LogP contribution in [0, 0.1) is 17.6 Å². The van der Waals surface area contributed by atoms with Crippen LogP contribution in [-0.2, 0) is 6.54 Å². The fraction of sp³-hybridized carbons (Fsp3) is 0.381. The first-order valence-electron chi connectivity index (χ1n) is 9.33. The number of rotatable bonds is 4. The molecule has 8 heteroatoms. The molecular formula is C21H22Cl2FN3O2. The predicted molar refractivity (Wildman–Crippen MR) is 113 cm³/mol. The number of likely N-dealkylation sites (tertiary alicyclic amines) is 1. The predicted octanol–water partition coefficient (Wildman–Crippen LogP) is 5.96. The quantitative estimate of drug-likeness (QED) is 0.553. The Balaban J connectivity index is 1.84. The van der Waals surface area contributed by atoms with Gasteiger partial charge in [-0.3, -0.25) is 0 Å². The number of urea groups is 1. The van der Waals surface area contributed by atoms with Gasteiger partial charge in [-0.05, 0) is 66.8 Å². The Kier molecular flexibility index (Phi) is 6.75. The largest absolute Gasteiger partial charge is 0.323 e. The van der Waals surface area contributed by atoms with Crippen molar-refractivity contribution in [2.24, 2.45) is 5.18 Å². The minimum absolute atomic E-state index is 0.181. The molecule has 0 aliphatic carbocycles. The number of piperidine rings is 1. The molecule has 1 unspecified atom stereocenters. The van der Waals surface area contributed by atoms with Gasteiger partial charge in [0.05, 0.1) is 12.1 Å². The lowest BCUT2D eigenvalue weighted by molar-refractivity contribution is 0.115. The smallest absolute Gasteiger partial charge is 0.320 e. The number of halogens is 3. The molecule has 0 bridgehead atoms. The number of amides is 2. The van der Waals surface area contributed by atoms with Gasteiger partial charge >= 0.3 is 6.03 Å². The number of benzene rings is 2. The van der Waals surface area contributed by atoms with E-state index >= 15 is 0 Å². The van der Waals surface area contributed by atoms with Crippen LogP contribution in [0.2, 0.25) is 10.0 Å². The summed E-state index contributed by atoms with van der Waals surface area (Å²) < 4.78 is 13.6. The van der Waals surface area contributed by atoms with Crippen molar-refractivity contribution in [2.45, 2.75) is 38.4 Å². The van der Waals surface area contributed by atoms with E-state index in [0.29, 0.717) is 36.0 Å². The molecule has 0 N–H and O–H groups in total. The third-order valence-corrected chi connectivity index (χ3v) is 5.67. The van der Waals surface area contributed by atoms with Crippen LogP contribution in [-0.4, -0.2) is 35.5 Å². The molecule has 5 nitrogen and oxygen atoms in total. The zero-order chi connectivity index (χ0) is 21.1. The molecule has 0 spiro atoms. The minimum Gasteiger partial charge on any atom is -0.323 e. The SMILES string of the molecule is Cc1cc(F)ccc1[C@H]1CC(N=O)CCN1C(=O)N(C)Cc1cc(Cl)cc(Cl)c1. The molecule has 0 saturated carbocycles. The van der Waals surface area contributed by atoms with E-state index in [1.165, 1.54) is 12.1 Å². The van der Waals surface area contributed by atoms with Gasteiger partial charge in [0.25, 0.3) is 0 Å². The standard InChI is InChI=1S/C21H22Cl2FN3O2/c1-13-7-17(24)3-4-19(13)20-11-18(25-29)5-6-27(20)21(28)26(2)12-14-8-15(22)10-16(23)9-14/h3-4,7-10,18,20H,5-6,11-12H2,1-2H3/t18?,20-/m1/s1. The monoisotopic (exact) mass is 437 g/mol. The molecule has 1 saturated heterocycles. The molecule has 0 aromatic heterocycles. The van der Waals surface area contributed by atoms with Gasteiger partial charge in [-0.2, -0.15) is 4.91 Å². The second-order valence-corrected chi connectivity index (χ2v) is 8.28. The van der Waals surface area contributed by atoms with Crippen molar-refractivity contribution >= 4 is 29.2 Å². The zero-order valence-corrected chi connectivity index (χ0v) is 17.8. The molecule has 0 radical (unpaired) electrons. The van der Waals surface area contributed by atoms with Crippen molar-refractivity contribution in [3.05, 3.63) is 73.9 Å². The van der Waals surface area contributed by atoms with Crippen LogP contribution in [0.4, 0.5) is 9.18 Å². The molecule has 2 atom stereocenters. The summed E-state index contributed by atoms with van der Waals surface area (Å²) in [4.78, 5) is 27.7. The second-order valence-electron chi connectivity index (χ2n) is 7.41. The molecule has 2 aromatic carbocycles. The van der Waals surface area contributed by atoms with Gasteiger partial charge in [-0.1, -0.05) is 34.4 Å². The molecule has 1 heterocycles. The first kappa shape index (κ1) is 21.5. The third-order valence-electron chi connectivity index (χ3n) is 5.23. The van der Waals surface area contributed by atoms with Gasteiger partial charge in [0.15, 0.2) is 0 Å². The maximum Gasteiger partial charge on any atom is 0.320 e. The van der Waals surface area contributed by atoms with Crippen molar-refractivity contribution < 1.29 is 9.18 Å². The van der Waals surface area contributed by atoms with E-state index in [0.717, 1.165) is 16.7 Å². The van der Waals surface area contributed by atoms with E-state index in [9.17, 15) is 14.1 Å². The molecule has 154 valence electrons. The average Bonchev–Trinajstić information content (AvgIpc) is 2.66. The first-order chi connectivity index (χ1) is 13.8. The Morgan fingerprint density at radius 2 is 1.93 bits per heavy atom. The lowest BCUT2D eigenvalue weighted by Gasteiger charge is -2.40. The number of nitrogens with zero attached hydrogens (tertiary/aromatic N) is 3. The number of aryl methyl sites for hydroxylation is 1. The van der Waals surface area contributed by atoms with Crippen LogP contribution >= 0.6 is 23.2 Å². The number of hydrogen-bond acceptors (Lipinski definition) is 3. The van der Waals surface area contributed by atoms with Crippen molar-refractivity contribution in [1.82, 2.24) is 9.80 Å². The summed E-state index contributed by atoms with van der Waals surface area (Å²) in [5, 5.41) is 4.20. The molecule has 1 fully saturated rings. The molecule has 2 amide bonds. The van der Waals surface area contributed by atoms with Gasteiger partial charge < -0.3 is 9.80 Å². The van der Waals surface area contributed by atoms with Crippen LogP contribution in [0.1, 0.15) is 35.6 Å². The van der Waals surface area contributed by atoms with Gasteiger partial charge in [0.1, 0.15) is 5.82 Å². The van der Waals surface area contributed by atoms with E-state index in [1.807, 2.05) is 0 Å². The third kappa shape index (κ3) is 5.06. The lowest BCUT2D eigenvalue weighted by atomic mass is 9.90. The van der Waals surface area contributed by atoms with E-state index in [-0.39, 0.29) is 23.9 Å². The van der Waals surface area contributed by atoms with E-state index in [4.69, 9.17) is 23.2 Å². The Morgan fingerprint density at radius 3 is 2.55 bits per heavy atom. The first-order valence-corrected chi connectivity index (χ1v) is 10.1.